The molecular formula is C20H36ClN7O3. The third-order valence-corrected chi connectivity index (χ3v) is 6.61. The maximum atomic E-state index is 13.2. The molecule has 176 valence electrons. The highest BCUT2D eigenvalue weighted by Crippen LogP contribution is 2.40. The summed E-state index contributed by atoms with van der Waals surface area (Å²) in [6, 6.07) is -0.902. The molecule has 0 aliphatic carbocycles. The third kappa shape index (κ3) is 3.84. The molecule has 2 atom stereocenters. The average molecular weight is 458 g/mol. The Morgan fingerprint density at radius 2 is 1.65 bits per heavy atom. The van der Waals surface area contributed by atoms with Crippen LogP contribution in [-0.2, 0) is 4.79 Å². The average Bonchev–Trinajstić information content (AvgIpc) is 3.05. The number of rotatable bonds is 5. The second-order valence-corrected chi connectivity index (χ2v) is 8.15. The van der Waals surface area contributed by atoms with E-state index in [1.165, 1.54) is 11.9 Å². The van der Waals surface area contributed by atoms with Gasteiger partial charge in [0, 0.05) is 66.8 Å². The molecule has 2 fully saturated rings. The number of hydrogen-bond donors (Lipinski definition) is 0. The van der Waals surface area contributed by atoms with Crippen LogP contribution in [-0.4, -0.2) is 125 Å². The Labute approximate surface area is 191 Å². The van der Waals surface area contributed by atoms with E-state index in [9.17, 15) is 14.4 Å². The van der Waals surface area contributed by atoms with E-state index in [2.05, 4.69) is 11.8 Å². The second-order valence-electron chi connectivity index (χ2n) is 8.15. The standard InChI is InChI=1S/C20H35N7O3.ClH/c1-7-10-15-21-20(16(22(15)4)17(28)23(5)18(29)24(20)6)27-13-11-26(12-14-27)19(30)25(8-2)9-3;/h16H,7-14H2,1-6H3;1H. The molecule has 2 saturated heterocycles. The van der Waals surface area contributed by atoms with Crippen LogP contribution < -0.4 is 0 Å². The van der Waals surface area contributed by atoms with Crippen LogP contribution in [0, 0.1) is 0 Å². The summed E-state index contributed by atoms with van der Waals surface area (Å²) in [7, 11) is 5.13. The molecule has 3 aliphatic rings. The topological polar surface area (TPSA) is 83.0 Å². The number of aliphatic imine (C=N–C) groups is 1. The molecule has 5 amide bonds. The first-order valence-electron chi connectivity index (χ1n) is 10.9. The van der Waals surface area contributed by atoms with Crippen molar-refractivity contribution in [2.24, 2.45) is 4.99 Å². The molecule has 3 rings (SSSR count). The molecule has 3 heterocycles. The number of carbonyl (C=O) groups excluding carboxylic acids is 3. The number of piperazine rings is 1. The summed E-state index contributed by atoms with van der Waals surface area (Å²) < 4.78 is 0. The van der Waals surface area contributed by atoms with Crippen molar-refractivity contribution in [3.05, 3.63) is 0 Å². The van der Waals surface area contributed by atoms with Crippen molar-refractivity contribution in [3.63, 3.8) is 0 Å². The number of urea groups is 2. The van der Waals surface area contributed by atoms with E-state index in [1.54, 1.807) is 11.9 Å². The Bertz CT molecular complexity index is 736. The fourth-order valence-corrected chi connectivity index (χ4v) is 4.80. The molecule has 31 heavy (non-hydrogen) atoms. The summed E-state index contributed by atoms with van der Waals surface area (Å²) in [5, 5.41) is 0. The number of imide groups is 1. The number of halogens is 1. The van der Waals surface area contributed by atoms with Crippen LogP contribution in [0.4, 0.5) is 9.59 Å². The van der Waals surface area contributed by atoms with Crippen molar-refractivity contribution in [1.82, 2.24) is 29.4 Å². The van der Waals surface area contributed by atoms with E-state index in [-0.39, 0.29) is 30.4 Å². The zero-order valence-electron chi connectivity index (χ0n) is 19.5. The number of carbonyl (C=O) groups is 3. The van der Waals surface area contributed by atoms with Gasteiger partial charge in [-0.05, 0) is 20.3 Å². The number of amidine groups is 1. The lowest BCUT2D eigenvalue weighted by atomic mass is 10.0. The lowest BCUT2D eigenvalue weighted by molar-refractivity contribution is -0.152. The Morgan fingerprint density at radius 3 is 2.16 bits per heavy atom. The number of hydrogen-bond acceptors (Lipinski definition) is 6. The Balaban J connectivity index is 0.00000341. The van der Waals surface area contributed by atoms with Crippen molar-refractivity contribution in [2.45, 2.75) is 45.4 Å². The molecule has 2 unspecified atom stereocenters. The van der Waals surface area contributed by atoms with E-state index in [4.69, 9.17) is 4.99 Å². The van der Waals surface area contributed by atoms with E-state index in [0.717, 1.165) is 18.7 Å². The van der Waals surface area contributed by atoms with E-state index in [0.29, 0.717) is 39.3 Å². The smallest absolute Gasteiger partial charge is 0.329 e. The minimum atomic E-state index is -1.07. The van der Waals surface area contributed by atoms with Crippen molar-refractivity contribution in [2.75, 3.05) is 60.4 Å². The first-order chi connectivity index (χ1) is 14.2. The highest BCUT2D eigenvalue weighted by atomic mass is 35.5. The first kappa shape index (κ1) is 25.2. The SMILES string of the molecule is CCCC1=NC2(N3CCN(C(=O)N(CC)CC)CC3)C(C(=O)N(C)C(=O)N2C)N1C.Cl. The minimum Gasteiger partial charge on any atom is -0.346 e. The van der Waals surface area contributed by atoms with Gasteiger partial charge in [0.25, 0.3) is 5.91 Å². The fourth-order valence-electron chi connectivity index (χ4n) is 4.80. The maximum Gasteiger partial charge on any atom is 0.329 e. The highest BCUT2D eigenvalue weighted by molar-refractivity contribution is 6.04. The monoisotopic (exact) mass is 457 g/mol. The highest BCUT2D eigenvalue weighted by Gasteiger charge is 2.63. The first-order valence-corrected chi connectivity index (χ1v) is 10.9. The number of nitrogens with zero attached hydrogens (tertiary/aromatic N) is 7. The molecule has 0 N–H and O–H groups in total. The van der Waals surface area contributed by atoms with Crippen LogP contribution in [0.2, 0.25) is 0 Å². The van der Waals surface area contributed by atoms with Gasteiger partial charge in [-0.1, -0.05) is 6.92 Å². The lowest BCUT2D eigenvalue weighted by Crippen LogP contribution is -2.77. The largest absolute Gasteiger partial charge is 0.346 e. The Hall–Kier alpha value is -2.07. The van der Waals surface area contributed by atoms with Gasteiger partial charge in [-0.3, -0.25) is 19.5 Å². The third-order valence-electron chi connectivity index (χ3n) is 6.61. The van der Waals surface area contributed by atoms with Crippen molar-refractivity contribution < 1.29 is 14.4 Å². The molecule has 0 aromatic rings. The zero-order valence-corrected chi connectivity index (χ0v) is 20.3. The summed E-state index contributed by atoms with van der Waals surface area (Å²) >= 11 is 0. The normalized spacial score (nSPS) is 26.6. The van der Waals surface area contributed by atoms with Crippen molar-refractivity contribution >= 4 is 36.2 Å². The van der Waals surface area contributed by atoms with E-state index in [1.807, 2.05) is 35.6 Å². The lowest BCUT2D eigenvalue weighted by Gasteiger charge is -2.54. The second kappa shape index (κ2) is 9.60. The van der Waals surface area contributed by atoms with Crippen LogP contribution >= 0.6 is 12.4 Å². The molecule has 0 aromatic heterocycles. The van der Waals surface area contributed by atoms with Gasteiger partial charge in [0.15, 0.2) is 6.04 Å². The zero-order chi connectivity index (χ0) is 22.2. The van der Waals surface area contributed by atoms with Gasteiger partial charge in [-0.2, -0.15) is 0 Å². The predicted molar refractivity (Wildman–Crippen MR) is 121 cm³/mol. The number of amides is 5. The van der Waals surface area contributed by atoms with Gasteiger partial charge < -0.3 is 14.7 Å². The van der Waals surface area contributed by atoms with Crippen LogP contribution in [0.15, 0.2) is 4.99 Å². The summed E-state index contributed by atoms with van der Waals surface area (Å²) in [6.45, 7) is 9.56. The summed E-state index contributed by atoms with van der Waals surface area (Å²) in [5.41, 5.74) is 0. The quantitative estimate of drug-likeness (QED) is 0.619. The van der Waals surface area contributed by atoms with Gasteiger partial charge in [-0.25, -0.2) is 14.6 Å². The summed E-state index contributed by atoms with van der Waals surface area (Å²) in [6.07, 6.45) is 1.65. The van der Waals surface area contributed by atoms with Gasteiger partial charge in [0.05, 0.1) is 0 Å². The maximum absolute atomic E-state index is 13.2. The fraction of sp³-hybridized carbons (Fsp3) is 0.800. The van der Waals surface area contributed by atoms with Crippen LogP contribution in [0.5, 0.6) is 0 Å². The molecule has 0 radical (unpaired) electrons. The Kier molecular flexibility index (Phi) is 7.80. The molecule has 10 nitrogen and oxygen atoms in total. The number of fused-ring (bicyclic) bond motifs is 1. The van der Waals surface area contributed by atoms with Crippen LogP contribution in [0.25, 0.3) is 0 Å². The molecular weight excluding hydrogens is 422 g/mol. The van der Waals surface area contributed by atoms with E-state index < -0.39 is 11.8 Å². The molecule has 0 bridgehead atoms. The predicted octanol–water partition coefficient (Wildman–Crippen LogP) is 1.18. The Morgan fingerprint density at radius 1 is 1.06 bits per heavy atom. The van der Waals surface area contributed by atoms with Gasteiger partial charge in [0.1, 0.15) is 5.84 Å². The van der Waals surface area contributed by atoms with Crippen molar-refractivity contribution in [1.29, 1.82) is 0 Å². The van der Waals surface area contributed by atoms with Gasteiger partial charge in [-0.15, -0.1) is 12.4 Å². The molecule has 0 saturated carbocycles. The van der Waals surface area contributed by atoms with Gasteiger partial charge >= 0.3 is 12.1 Å². The van der Waals surface area contributed by atoms with Crippen LogP contribution in [0.1, 0.15) is 33.6 Å². The summed E-state index contributed by atoms with van der Waals surface area (Å²) in [4.78, 5) is 54.3. The molecule has 3 aliphatic heterocycles. The van der Waals surface area contributed by atoms with Gasteiger partial charge in [0.2, 0.25) is 5.79 Å². The molecule has 11 heteroatoms. The summed E-state index contributed by atoms with van der Waals surface area (Å²) in [5.74, 6) is -0.464. The molecule has 0 aromatic carbocycles. The van der Waals surface area contributed by atoms with Crippen LogP contribution in [0.3, 0.4) is 0 Å². The number of likely N-dealkylation sites (N-methyl/N-ethyl adjacent to an activating group) is 3. The van der Waals surface area contributed by atoms with E-state index >= 15 is 0 Å². The molecule has 0 spiro atoms. The minimum absolute atomic E-state index is 0. The van der Waals surface area contributed by atoms with Crippen molar-refractivity contribution in [3.8, 4) is 0 Å².